The summed E-state index contributed by atoms with van der Waals surface area (Å²) in [6.45, 7) is 2.20. The summed E-state index contributed by atoms with van der Waals surface area (Å²) in [6.07, 6.45) is -3.64. The van der Waals surface area contributed by atoms with Crippen LogP contribution in [0.4, 0.5) is 19.0 Å². The van der Waals surface area contributed by atoms with Crippen LogP contribution in [0.25, 0.3) is 0 Å². The number of anilines is 1. The van der Waals surface area contributed by atoms with Gasteiger partial charge in [0.05, 0.1) is 16.7 Å². The molecule has 1 aromatic rings. The molecule has 2 rings (SSSR count). The lowest BCUT2D eigenvalue weighted by Crippen LogP contribution is -2.28. The van der Waals surface area contributed by atoms with E-state index in [4.69, 9.17) is 11.6 Å². The average molecular weight is 281 g/mol. The van der Waals surface area contributed by atoms with Crippen molar-refractivity contribution in [2.45, 2.75) is 31.7 Å². The minimum atomic E-state index is -4.45. The SMILES string of the molecule is CC1C[C@@H](O)CN1c1ncc(C(F)(F)F)cc1Cl. The van der Waals surface area contributed by atoms with Crippen molar-refractivity contribution in [1.29, 1.82) is 0 Å². The first-order valence-corrected chi connectivity index (χ1v) is 5.84. The molecule has 2 heterocycles. The normalized spacial score (nSPS) is 24.7. The minimum Gasteiger partial charge on any atom is -0.391 e. The van der Waals surface area contributed by atoms with Crippen molar-refractivity contribution in [2.75, 3.05) is 11.4 Å². The van der Waals surface area contributed by atoms with Crippen molar-refractivity contribution in [3.8, 4) is 0 Å². The number of β-amino-alcohol motifs (C(OH)–C–C–N with tert-alkyl or cyclic N) is 1. The second-order valence-electron chi connectivity index (χ2n) is 4.42. The average Bonchev–Trinajstić information content (AvgIpc) is 2.56. The summed E-state index contributed by atoms with van der Waals surface area (Å²) < 4.78 is 37.4. The Morgan fingerprint density at radius 2 is 2.17 bits per heavy atom. The van der Waals surface area contributed by atoms with E-state index in [1.807, 2.05) is 6.92 Å². The minimum absolute atomic E-state index is 0.00161. The van der Waals surface area contributed by atoms with Gasteiger partial charge in [0.15, 0.2) is 0 Å². The number of pyridine rings is 1. The lowest BCUT2D eigenvalue weighted by Gasteiger charge is -2.23. The van der Waals surface area contributed by atoms with Gasteiger partial charge in [0, 0.05) is 18.8 Å². The van der Waals surface area contributed by atoms with Gasteiger partial charge in [-0.25, -0.2) is 4.98 Å². The molecule has 100 valence electrons. The van der Waals surface area contributed by atoms with Crippen LogP contribution in [0.3, 0.4) is 0 Å². The largest absolute Gasteiger partial charge is 0.417 e. The molecule has 1 aromatic heterocycles. The van der Waals surface area contributed by atoms with Crippen LogP contribution in [0.2, 0.25) is 5.02 Å². The lowest BCUT2D eigenvalue weighted by atomic mass is 10.2. The quantitative estimate of drug-likeness (QED) is 0.859. The van der Waals surface area contributed by atoms with Gasteiger partial charge in [0.1, 0.15) is 5.82 Å². The van der Waals surface area contributed by atoms with E-state index in [1.54, 1.807) is 4.90 Å². The number of rotatable bonds is 1. The van der Waals surface area contributed by atoms with Crippen molar-refractivity contribution in [3.63, 3.8) is 0 Å². The predicted octanol–water partition coefficient (Wildman–Crippen LogP) is 2.71. The molecule has 3 nitrogen and oxygen atoms in total. The van der Waals surface area contributed by atoms with Crippen LogP contribution in [0.1, 0.15) is 18.9 Å². The van der Waals surface area contributed by atoms with Gasteiger partial charge in [-0.15, -0.1) is 0 Å². The molecule has 1 aliphatic rings. The van der Waals surface area contributed by atoms with Crippen LogP contribution in [-0.4, -0.2) is 28.8 Å². The molecule has 0 saturated carbocycles. The van der Waals surface area contributed by atoms with Crippen LogP contribution < -0.4 is 4.90 Å². The number of nitrogens with zero attached hydrogens (tertiary/aromatic N) is 2. The maximum atomic E-state index is 12.5. The van der Waals surface area contributed by atoms with Gasteiger partial charge in [-0.1, -0.05) is 11.6 Å². The molecule has 1 unspecified atom stereocenters. The zero-order chi connectivity index (χ0) is 13.5. The third kappa shape index (κ3) is 2.54. The summed E-state index contributed by atoms with van der Waals surface area (Å²) in [5.74, 6) is 0.286. The molecule has 0 radical (unpaired) electrons. The van der Waals surface area contributed by atoms with Crippen molar-refractivity contribution >= 4 is 17.4 Å². The second-order valence-corrected chi connectivity index (χ2v) is 4.83. The topological polar surface area (TPSA) is 36.4 Å². The maximum Gasteiger partial charge on any atom is 0.417 e. The number of halogens is 4. The van der Waals surface area contributed by atoms with E-state index in [-0.39, 0.29) is 16.9 Å². The summed E-state index contributed by atoms with van der Waals surface area (Å²) in [6, 6.07) is 0.864. The van der Waals surface area contributed by atoms with E-state index in [2.05, 4.69) is 4.98 Å². The maximum absolute atomic E-state index is 12.5. The number of hydrogen-bond donors (Lipinski definition) is 1. The number of aromatic nitrogens is 1. The van der Waals surface area contributed by atoms with Gasteiger partial charge >= 0.3 is 6.18 Å². The van der Waals surface area contributed by atoms with Crippen molar-refractivity contribution < 1.29 is 18.3 Å². The Kier molecular flexibility index (Phi) is 3.42. The molecule has 1 N–H and O–H groups in total. The Labute approximate surface area is 107 Å². The molecule has 1 aliphatic heterocycles. The van der Waals surface area contributed by atoms with Crippen LogP contribution in [0, 0.1) is 0 Å². The van der Waals surface area contributed by atoms with Crippen molar-refractivity contribution in [3.05, 3.63) is 22.8 Å². The van der Waals surface area contributed by atoms with Crippen LogP contribution in [0.5, 0.6) is 0 Å². The summed E-state index contributed by atoms with van der Waals surface area (Å²) in [5, 5.41) is 9.46. The third-order valence-corrected chi connectivity index (χ3v) is 3.25. The van der Waals surface area contributed by atoms with E-state index in [0.717, 1.165) is 12.3 Å². The van der Waals surface area contributed by atoms with E-state index in [0.29, 0.717) is 13.0 Å². The molecule has 7 heteroatoms. The van der Waals surface area contributed by atoms with Gasteiger partial charge in [-0.3, -0.25) is 0 Å². The molecule has 2 atom stereocenters. The molecular weight excluding hydrogens is 269 g/mol. The number of aliphatic hydroxyl groups is 1. The molecule has 18 heavy (non-hydrogen) atoms. The summed E-state index contributed by atoms with van der Waals surface area (Å²) >= 11 is 5.84. The molecule has 0 aromatic carbocycles. The van der Waals surface area contributed by atoms with Gasteiger partial charge in [0.25, 0.3) is 0 Å². The summed E-state index contributed by atoms with van der Waals surface area (Å²) in [5.41, 5.74) is -0.872. The second kappa shape index (κ2) is 4.59. The Balaban J connectivity index is 2.31. The van der Waals surface area contributed by atoms with Gasteiger partial charge in [-0.2, -0.15) is 13.2 Å². The highest BCUT2D eigenvalue weighted by Crippen LogP contribution is 2.35. The van der Waals surface area contributed by atoms with Crippen LogP contribution in [0.15, 0.2) is 12.3 Å². The highest BCUT2D eigenvalue weighted by molar-refractivity contribution is 6.33. The molecule has 1 saturated heterocycles. The molecule has 0 bridgehead atoms. The predicted molar refractivity (Wildman–Crippen MR) is 61.7 cm³/mol. The Bertz CT molecular complexity index is 452. The Morgan fingerprint density at radius 1 is 1.50 bits per heavy atom. The molecule has 0 amide bonds. The van der Waals surface area contributed by atoms with Crippen molar-refractivity contribution in [1.82, 2.24) is 4.98 Å². The monoisotopic (exact) mass is 280 g/mol. The van der Waals surface area contributed by atoms with Crippen molar-refractivity contribution in [2.24, 2.45) is 0 Å². The van der Waals surface area contributed by atoms with Gasteiger partial charge in [-0.05, 0) is 19.4 Å². The molecular formula is C11H12ClF3N2O. The fourth-order valence-corrected chi connectivity index (χ4v) is 2.37. The summed E-state index contributed by atoms with van der Waals surface area (Å²) in [7, 11) is 0. The fourth-order valence-electron chi connectivity index (χ4n) is 2.09. The highest BCUT2D eigenvalue weighted by atomic mass is 35.5. The Hall–Kier alpha value is -1.01. The first-order chi connectivity index (χ1) is 8.29. The number of aliphatic hydroxyl groups excluding tert-OH is 1. The molecule has 0 aliphatic carbocycles. The lowest BCUT2D eigenvalue weighted by molar-refractivity contribution is -0.137. The number of alkyl halides is 3. The van der Waals surface area contributed by atoms with Crippen LogP contribution in [-0.2, 0) is 6.18 Å². The first kappa shape index (κ1) is 13.4. The number of hydrogen-bond acceptors (Lipinski definition) is 3. The van der Waals surface area contributed by atoms with E-state index < -0.39 is 17.8 Å². The fraction of sp³-hybridized carbons (Fsp3) is 0.545. The molecule has 0 spiro atoms. The smallest absolute Gasteiger partial charge is 0.391 e. The van der Waals surface area contributed by atoms with Gasteiger partial charge in [0.2, 0.25) is 0 Å². The van der Waals surface area contributed by atoms with Crippen LogP contribution >= 0.6 is 11.6 Å². The first-order valence-electron chi connectivity index (χ1n) is 5.46. The zero-order valence-corrected chi connectivity index (χ0v) is 10.3. The molecule has 1 fully saturated rings. The van der Waals surface area contributed by atoms with E-state index >= 15 is 0 Å². The standard InChI is InChI=1S/C11H12ClF3N2O/c1-6-2-8(18)5-17(6)10-9(12)3-7(4-16-10)11(13,14)15/h3-4,6,8,18H,2,5H2,1H3/t6?,8-/m1/s1. The zero-order valence-electron chi connectivity index (χ0n) is 9.58. The Morgan fingerprint density at radius 3 is 2.61 bits per heavy atom. The summed E-state index contributed by atoms with van der Waals surface area (Å²) in [4.78, 5) is 5.49. The highest BCUT2D eigenvalue weighted by Gasteiger charge is 2.34. The van der Waals surface area contributed by atoms with E-state index in [1.165, 1.54) is 0 Å². The van der Waals surface area contributed by atoms with E-state index in [9.17, 15) is 18.3 Å². The third-order valence-electron chi connectivity index (χ3n) is 2.97. The van der Waals surface area contributed by atoms with Gasteiger partial charge < -0.3 is 10.0 Å².